The molecule has 4 aliphatic carbocycles. The monoisotopic (exact) mass is 520 g/mol. The van der Waals surface area contributed by atoms with Gasteiger partial charge in [0.1, 0.15) is 6.61 Å². The summed E-state index contributed by atoms with van der Waals surface area (Å²) >= 11 is 14.7. The summed E-state index contributed by atoms with van der Waals surface area (Å²) in [6.07, 6.45) is 8.81. The summed E-state index contributed by atoms with van der Waals surface area (Å²) in [6, 6.07) is 3.06. The minimum absolute atomic E-state index is 0.00347. The molecule has 5 rings (SSSR count). The third kappa shape index (κ3) is 3.02. The maximum Gasteiger partial charge on any atom is 0.375 e. The first kappa shape index (κ1) is 24.8. The Bertz CT molecular complexity index is 1140. The lowest BCUT2D eigenvalue weighted by molar-refractivity contribution is -0.169. The van der Waals surface area contributed by atoms with Crippen molar-refractivity contribution in [3.63, 3.8) is 0 Å². The second-order valence-corrected chi connectivity index (χ2v) is 12.2. The fourth-order valence-corrected chi connectivity index (χ4v) is 9.27. The van der Waals surface area contributed by atoms with Gasteiger partial charge in [-0.15, -0.1) is 23.2 Å². The molecule has 0 aromatic carbocycles. The van der Waals surface area contributed by atoms with Crippen LogP contribution in [0, 0.1) is 28.6 Å². The summed E-state index contributed by atoms with van der Waals surface area (Å²) < 4.78 is 11.3. The Morgan fingerprint density at radius 3 is 2.69 bits per heavy atom. The van der Waals surface area contributed by atoms with E-state index in [2.05, 4.69) is 0 Å². The first-order chi connectivity index (χ1) is 16.5. The Morgan fingerprint density at radius 2 is 2.03 bits per heavy atom. The van der Waals surface area contributed by atoms with E-state index in [1.165, 1.54) is 12.3 Å². The van der Waals surface area contributed by atoms with Crippen LogP contribution in [-0.4, -0.2) is 45.1 Å². The van der Waals surface area contributed by atoms with Crippen LogP contribution in [0.5, 0.6) is 0 Å². The molecule has 0 radical (unpaired) electrons. The van der Waals surface area contributed by atoms with Crippen LogP contribution >= 0.6 is 23.2 Å². The van der Waals surface area contributed by atoms with Crippen molar-refractivity contribution in [1.29, 1.82) is 0 Å². The van der Waals surface area contributed by atoms with Crippen molar-refractivity contribution in [2.45, 2.75) is 62.3 Å². The molecule has 1 aromatic heterocycles. The summed E-state index contributed by atoms with van der Waals surface area (Å²) in [5.41, 5.74) is -2.05. The fourth-order valence-electron chi connectivity index (χ4n) is 8.04. The van der Waals surface area contributed by atoms with Crippen LogP contribution in [-0.2, 0) is 14.3 Å². The van der Waals surface area contributed by atoms with Crippen LogP contribution in [0.15, 0.2) is 46.6 Å². The predicted octanol–water partition coefficient (Wildman–Crippen LogP) is 4.87. The molecule has 0 saturated heterocycles. The summed E-state index contributed by atoms with van der Waals surface area (Å²) in [5, 5.41) is 9.44. The quantitative estimate of drug-likeness (QED) is 0.449. The van der Waals surface area contributed by atoms with E-state index in [0.29, 0.717) is 25.7 Å². The number of hydrogen-bond acceptors (Lipinski definition) is 6. The average Bonchev–Trinajstić information content (AvgIpc) is 3.42. The van der Waals surface area contributed by atoms with Crippen LogP contribution in [0.1, 0.15) is 57.0 Å². The number of rotatable bonds is 4. The van der Waals surface area contributed by atoms with Crippen LogP contribution in [0.4, 0.5) is 0 Å². The normalized spacial score (nSPS) is 44.2. The van der Waals surface area contributed by atoms with Gasteiger partial charge in [-0.2, -0.15) is 0 Å². The van der Waals surface area contributed by atoms with Gasteiger partial charge in [-0.1, -0.05) is 32.4 Å². The number of esters is 1. The van der Waals surface area contributed by atoms with E-state index in [0.717, 1.165) is 5.57 Å². The predicted molar refractivity (Wildman–Crippen MR) is 130 cm³/mol. The lowest BCUT2D eigenvalue weighted by Crippen LogP contribution is -2.68. The van der Waals surface area contributed by atoms with E-state index in [-0.39, 0.29) is 29.3 Å². The van der Waals surface area contributed by atoms with Crippen molar-refractivity contribution >= 4 is 40.7 Å². The zero-order valence-corrected chi connectivity index (χ0v) is 21.6. The number of halogens is 2. The zero-order chi connectivity index (χ0) is 25.4. The molecule has 1 aromatic rings. The van der Waals surface area contributed by atoms with E-state index in [1.54, 1.807) is 18.2 Å². The van der Waals surface area contributed by atoms with E-state index < -0.39 is 45.0 Å². The second-order valence-electron chi connectivity index (χ2n) is 11.0. The number of aliphatic hydroxyl groups excluding tert-OH is 1. The van der Waals surface area contributed by atoms with Crippen LogP contribution in [0.2, 0.25) is 0 Å². The van der Waals surface area contributed by atoms with Gasteiger partial charge < -0.3 is 14.3 Å². The van der Waals surface area contributed by atoms with Gasteiger partial charge in [0, 0.05) is 16.7 Å². The number of aliphatic hydroxyl groups is 1. The molecule has 6 nitrogen and oxygen atoms in total. The van der Waals surface area contributed by atoms with Crippen molar-refractivity contribution in [2.24, 2.45) is 28.6 Å². The van der Waals surface area contributed by atoms with Gasteiger partial charge in [-0.25, -0.2) is 4.79 Å². The second kappa shape index (κ2) is 8.06. The molecule has 6 unspecified atom stereocenters. The van der Waals surface area contributed by atoms with Gasteiger partial charge in [0.15, 0.2) is 11.4 Å². The standard InChI is InChI=1S/C27H30Cl2O6/c1-15-11-19-18-7-6-16-12-17(31)8-9-24(16,2)26(18,29)21(28)13-25(19,3)27(15,22(32)14-30)35-23(33)20-5-4-10-34-20/h4-5,8-10,12,15,18-19,21,30H,6-7,11,13-14H2,1-3H3/t15?,18?,19?,21?,24?,25?,26-,27-/m0/s1. The van der Waals surface area contributed by atoms with Crippen molar-refractivity contribution in [2.75, 3.05) is 6.61 Å². The Morgan fingerprint density at radius 1 is 1.29 bits per heavy atom. The van der Waals surface area contributed by atoms with Gasteiger partial charge >= 0.3 is 5.97 Å². The SMILES string of the molecule is CC1CC2C3CCC4=CC(=O)C=CC4(C)[C@@]3(Cl)C(Cl)CC2(C)[C@@]1(OC(=O)c1ccco1)C(=O)CO. The van der Waals surface area contributed by atoms with Crippen LogP contribution < -0.4 is 0 Å². The molecule has 8 heteroatoms. The van der Waals surface area contributed by atoms with Gasteiger partial charge in [0.05, 0.1) is 16.5 Å². The van der Waals surface area contributed by atoms with Crippen LogP contribution in [0.25, 0.3) is 0 Å². The number of carbonyl (C=O) groups excluding carboxylic acids is 3. The third-order valence-electron chi connectivity index (χ3n) is 9.67. The van der Waals surface area contributed by atoms with Crippen molar-refractivity contribution in [3.05, 3.63) is 48.0 Å². The molecule has 3 fully saturated rings. The first-order valence-corrected chi connectivity index (χ1v) is 13.0. The van der Waals surface area contributed by atoms with Crippen molar-refractivity contribution in [3.8, 4) is 0 Å². The minimum Gasteiger partial charge on any atom is -0.457 e. The highest BCUT2D eigenvalue weighted by molar-refractivity contribution is 6.34. The average molecular weight is 521 g/mol. The highest BCUT2D eigenvalue weighted by Gasteiger charge is 2.76. The molecular formula is C27H30Cl2O6. The Kier molecular flexibility index (Phi) is 5.71. The molecule has 1 N–H and O–H groups in total. The Labute approximate surface area is 214 Å². The molecule has 0 aliphatic heterocycles. The highest BCUT2D eigenvalue weighted by atomic mass is 35.5. The van der Waals surface area contributed by atoms with Crippen molar-refractivity contribution < 1.29 is 28.6 Å². The number of alkyl halides is 2. The Hall–Kier alpha value is -1.89. The van der Waals surface area contributed by atoms with E-state index in [1.807, 2.05) is 26.8 Å². The number of ketones is 2. The summed E-state index contributed by atoms with van der Waals surface area (Å²) in [4.78, 5) is 37.8. The lowest BCUT2D eigenvalue weighted by atomic mass is 9.46. The maximum atomic E-state index is 13.5. The molecule has 0 bridgehead atoms. The number of hydrogen-bond donors (Lipinski definition) is 1. The fraction of sp³-hybridized carbons (Fsp3) is 0.593. The molecule has 0 spiro atoms. The molecule has 1 heterocycles. The van der Waals surface area contributed by atoms with Crippen LogP contribution in [0.3, 0.4) is 0 Å². The van der Waals surface area contributed by atoms with Gasteiger partial charge in [0.2, 0.25) is 11.5 Å². The molecule has 0 amide bonds. The van der Waals surface area contributed by atoms with E-state index in [4.69, 9.17) is 32.4 Å². The lowest BCUT2D eigenvalue weighted by Gasteiger charge is -2.64. The number of carbonyl (C=O) groups is 3. The number of furan rings is 1. The molecule has 35 heavy (non-hydrogen) atoms. The maximum absolute atomic E-state index is 13.5. The molecule has 4 aliphatic rings. The van der Waals surface area contributed by atoms with Crippen molar-refractivity contribution in [1.82, 2.24) is 0 Å². The summed E-state index contributed by atoms with van der Waals surface area (Å²) in [5.74, 6) is -1.88. The van der Waals surface area contributed by atoms with Gasteiger partial charge in [0.25, 0.3) is 0 Å². The number of Topliss-reactive ketones (excluding diaryl/α,β-unsaturated/α-hetero) is 1. The first-order valence-electron chi connectivity index (χ1n) is 12.1. The number of fused-ring (bicyclic) bond motifs is 5. The molecule has 188 valence electrons. The van der Waals surface area contributed by atoms with Gasteiger partial charge in [-0.05, 0) is 61.8 Å². The molecular weight excluding hydrogens is 491 g/mol. The third-order valence-corrected chi connectivity index (χ3v) is 11.2. The minimum atomic E-state index is -1.57. The van der Waals surface area contributed by atoms with E-state index in [9.17, 15) is 19.5 Å². The highest BCUT2D eigenvalue weighted by Crippen LogP contribution is 2.73. The number of ether oxygens (including phenoxy) is 1. The summed E-state index contributed by atoms with van der Waals surface area (Å²) in [6.45, 7) is 5.13. The van der Waals surface area contributed by atoms with Gasteiger partial charge in [-0.3, -0.25) is 9.59 Å². The smallest absolute Gasteiger partial charge is 0.375 e. The number of allylic oxidation sites excluding steroid dienone is 4. The molecule has 3 saturated carbocycles. The summed E-state index contributed by atoms with van der Waals surface area (Å²) in [7, 11) is 0. The largest absolute Gasteiger partial charge is 0.457 e. The zero-order valence-electron chi connectivity index (χ0n) is 20.1. The topological polar surface area (TPSA) is 93.8 Å². The Balaban J connectivity index is 1.61. The van der Waals surface area contributed by atoms with E-state index >= 15 is 0 Å². The molecule has 8 atom stereocenters.